The summed E-state index contributed by atoms with van der Waals surface area (Å²) < 4.78 is 73.7. The van der Waals surface area contributed by atoms with Crippen LogP contribution in [0.4, 0.5) is 30.6 Å². The highest BCUT2D eigenvalue weighted by Gasteiger charge is 2.31. The number of nitrogens with one attached hydrogen (secondary N) is 3. The second-order valence-corrected chi connectivity index (χ2v) is 9.69. The van der Waals surface area contributed by atoms with Crippen molar-refractivity contribution in [1.29, 1.82) is 0 Å². The van der Waals surface area contributed by atoms with Gasteiger partial charge in [0.2, 0.25) is 5.95 Å². The molecule has 1 aliphatic rings. The van der Waals surface area contributed by atoms with Crippen molar-refractivity contribution in [2.75, 3.05) is 16.2 Å². The average molecular weight is 524 g/mol. The van der Waals surface area contributed by atoms with E-state index in [9.17, 15) is 21.6 Å². The van der Waals surface area contributed by atoms with Gasteiger partial charge in [-0.15, -0.1) is 13.2 Å². The smallest absolute Gasteiger partial charge is 0.406 e. The first-order chi connectivity index (χ1) is 17.0. The predicted octanol–water partition coefficient (Wildman–Crippen LogP) is 5.47. The van der Waals surface area contributed by atoms with Gasteiger partial charge in [0.1, 0.15) is 5.75 Å². The van der Waals surface area contributed by atoms with Crippen molar-refractivity contribution < 1.29 is 30.9 Å². The first kappa shape index (κ1) is 25.5. The van der Waals surface area contributed by atoms with Gasteiger partial charge in [-0.05, 0) is 49.2 Å². The first-order valence-electron chi connectivity index (χ1n) is 11.2. The Bertz CT molecular complexity index is 1300. The lowest BCUT2D eigenvalue weighted by molar-refractivity contribution is -0.274. The summed E-state index contributed by atoms with van der Waals surface area (Å²) in [6.45, 7) is 0. The molecule has 1 saturated carbocycles. The van der Waals surface area contributed by atoms with Crippen molar-refractivity contribution in [2.24, 2.45) is 0 Å². The molecular formula is C23H24F3N5O4S. The number of hydrazine groups is 1. The summed E-state index contributed by atoms with van der Waals surface area (Å²) >= 11 is 0. The molecule has 192 valence electrons. The Hall–Kier alpha value is -3.58. The molecule has 1 heterocycles. The Morgan fingerprint density at radius 2 is 1.67 bits per heavy atom. The topological polar surface area (TPSA) is 125 Å². The summed E-state index contributed by atoms with van der Waals surface area (Å²) in [5.74, 6) is 0.263. The van der Waals surface area contributed by atoms with Gasteiger partial charge in [-0.25, -0.2) is 4.98 Å². The van der Waals surface area contributed by atoms with Crippen molar-refractivity contribution in [2.45, 2.75) is 49.4 Å². The average Bonchev–Trinajstić information content (AvgIpc) is 2.82. The second-order valence-electron chi connectivity index (χ2n) is 8.27. The lowest BCUT2D eigenvalue weighted by atomic mass is 9.96. The number of alkyl halides is 3. The van der Waals surface area contributed by atoms with Crippen LogP contribution in [0.5, 0.6) is 5.75 Å². The monoisotopic (exact) mass is 523 g/mol. The summed E-state index contributed by atoms with van der Waals surface area (Å²) in [6, 6.07) is 12.6. The zero-order chi connectivity index (χ0) is 25.8. The normalized spacial score (nSPS) is 14.8. The number of anilines is 3. The maximum Gasteiger partial charge on any atom is 0.573 e. The van der Waals surface area contributed by atoms with E-state index in [-0.39, 0.29) is 16.7 Å². The van der Waals surface area contributed by atoms with Gasteiger partial charge >= 0.3 is 6.36 Å². The molecule has 0 amide bonds. The largest absolute Gasteiger partial charge is 0.573 e. The molecule has 4 rings (SSSR count). The fourth-order valence-corrected chi connectivity index (χ4v) is 4.33. The third-order valence-corrected chi connectivity index (χ3v) is 6.38. The van der Waals surface area contributed by atoms with E-state index < -0.39 is 16.5 Å². The highest BCUT2D eigenvalue weighted by Crippen LogP contribution is 2.29. The summed E-state index contributed by atoms with van der Waals surface area (Å²) in [4.78, 5) is 8.72. The highest BCUT2D eigenvalue weighted by atomic mass is 32.2. The predicted molar refractivity (Wildman–Crippen MR) is 128 cm³/mol. The van der Waals surface area contributed by atoms with Crippen LogP contribution in [0.25, 0.3) is 11.3 Å². The maximum atomic E-state index is 12.7. The minimum absolute atomic E-state index is 0.183. The Morgan fingerprint density at radius 3 is 2.33 bits per heavy atom. The number of ether oxygens (including phenoxy) is 1. The highest BCUT2D eigenvalue weighted by molar-refractivity contribution is 7.85. The molecule has 0 bridgehead atoms. The molecule has 9 nitrogen and oxygen atoms in total. The molecule has 13 heteroatoms. The van der Waals surface area contributed by atoms with Gasteiger partial charge in [-0.1, -0.05) is 31.4 Å². The molecule has 4 N–H and O–H groups in total. The van der Waals surface area contributed by atoms with Crippen molar-refractivity contribution in [1.82, 2.24) is 9.97 Å². The Labute approximate surface area is 205 Å². The Kier molecular flexibility index (Phi) is 7.50. The van der Waals surface area contributed by atoms with Crippen LogP contribution in [0, 0.1) is 0 Å². The number of aromatic nitrogens is 2. The van der Waals surface area contributed by atoms with E-state index in [1.165, 1.54) is 42.5 Å². The van der Waals surface area contributed by atoms with Gasteiger partial charge in [-0.3, -0.25) is 15.4 Å². The van der Waals surface area contributed by atoms with Crippen LogP contribution in [0.3, 0.4) is 0 Å². The van der Waals surface area contributed by atoms with E-state index in [0.717, 1.165) is 32.1 Å². The number of hydrogen-bond acceptors (Lipinski definition) is 8. The summed E-state index contributed by atoms with van der Waals surface area (Å²) in [5.41, 5.74) is 7.00. The summed E-state index contributed by atoms with van der Waals surface area (Å²) in [5, 5.41) is 3.31. The van der Waals surface area contributed by atoms with Gasteiger partial charge in [-0.2, -0.15) is 13.4 Å². The molecular weight excluding hydrogens is 499 g/mol. The third kappa shape index (κ3) is 7.21. The molecule has 36 heavy (non-hydrogen) atoms. The summed E-state index contributed by atoms with van der Waals surface area (Å²) in [6.07, 6.45) is 0.436. The van der Waals surface area contributed by atoms with Gasteiger partial charge in [0, 0.05) is 17.7 Å². The quantitative estimate of drug-likeness (QED) is 0.225. The Morgan fingerprint density at radius 1 is 0.944 bits per heavy atom. The van der Waals surface area contributed by atoms with Crippen molar-refractivity contribution in [3.63, 3.8) is 0 Å². The molecule has 0 radical (unpaired) electrons. The van der Waals surface area contributed by atoms with Crippen LogP contribution in [-0.2, 0) is 10.1 Å². The molecule has 0 atom stereocenters. The number of benzene rings is 2. The van der Waals surface area contributed by atoms with Crippen LogP contribution in [0.15, 0.2) is 59.5 Å². The molecule has 1 aliphatic carbocycles. The van der Waals surface area contributed by atoms with Crippen LogP contribution < -0.4 is 20.9 Å². The molecule has 0 aliphatic heterocycles. The molecule has 0 spiro atoms. The molecule has 1 fully saturated rings. The second kappa shape index (κ2) is 10.6. The van der Waals surface area contributed by atoms with E-state index in [2.05, 4.69) is 30.9 Å². The standard InChI is InChI=1S/C23H24F3N5O4S/c24-23(25,26)35-18-8-4-5-15(13-18)20-14-21(29-22(28-20)27-16-6-2-1-3-7-16)31-30-17-9-11-19(12-10-17)36(32,33)34/h4-5,8-14,16,30H,1-3,6-7H2,(H,32,33,34)(H2,27,28,29,31). The molecule has 0 unspecified atom stereocenters. The number of nitrogens with zero attached hydrogens (tertiary/aromatic N) is 2. The molecule has 2 aromatic carbocycles. The zero-order valence-corrected chi connectivity index (χ0v) is 19.7. The molecule has 1 aromatic heterocycles. The fourth-order valence-electron chi connectivity index (χ4n) is 3.85. The number of hydrogen-bond donors (Lipinski definition) is 4. The van der Waals surface area contributed by atoms with Gasteiger partial charge in [0.15, 0.2) is 5.82 Å². The van der Waals surface area contributed by atoms with Crippen molar-refractivity contribution in [3.8, 4) is 17.0 Å². The van der Waals surface area contributed by atoms with E-state index >= 15 is 0 Å². The number of rotatable bonds is 8. The van der Waals surface area contributed by atoms with Crippen molar-refractivity contribution in [3.05, 3.63) is 54.6 Å². The van der Waals surface area contributed by atoms with Crippen LogP contribution in [0.1, 0.15) is 32.1 Å². The van der Waals surface area contributed by atoms with E-state index in [1.54, 1.807) is 12.1 Å². The summed E-state index contributed by atoms with van der Waals surface area (Å²) in [7, 11) is -4.32. The first-order valence-corrected chi connectivity index (χ1v) is 12.6. The lowest BCUT2D eigenvalue weighted by Crippen LogP contribution is -2.24. The number of halogens is 3. The maximum absolute atomic E-state index is 12.7. The van der Waals surface area contributed by atoms with Gasteiger partial charge in [0.25, 0.3) is 10.1 Å². The minimum atomic E-state index is -4.82. The van der Waals surface area contributed by atoms with Crippen LogP contribution in [-0.4, -0.2) is 35.3 Å². The molecule has 0 saturated heterocycles. The third-order valence-electron chi connectivity index (χ3n) is 5.52. The molecule has 3 aromatic rings. The Balaban J connectivity index is 1.59. The van der Waals surface area contributed by atoms with Crippen LogP contribution in [0.2, 0.25) is 0 Å². The zero-order valence-electron chi connectivity index (χ0n) is 18.9. The van der Waals surface area contributed by atoms with Gasteiger partial charge in [0.05, 0.1) is 16.3 Å². The minimum Gasteiger partial charge on any atom is -0.406 e. The fraction of sp³-hybridized carbons (Fsp3) is 0.304. The SMILES string of the molecule is O=S(=O)(O)c1ccc(NNc2cc(-c3cccc(OC(F)(F)F)c3)nc(NC3CCCCC3)n2)cc1. The van der Waals surface area contributed by atoms with E-state index in [4.69, 9.17) is 4.55 Å². The van der Waals surface area contributed by atoms with Crippen LogP contribution >= 0.6 is 0 Å². The van der Waals surface area contributed by atoms with Gasteiger partial charge < -0.3 is 10.1 Å². The van der Waals surface area contributed by atoms with Crippen molar-refractivity contribution >= 4 is 27.6 Å². The lowest BCUT2D eigenvalue weighted by Gasteiger charge is -2.23. The van der Waals surface area contributed by atoms with E-state index in [0.29, 0.717) is 28.7 Å². The van der Waals surface area contributed by atoms with E-state index in [1.807, 2.05) is 0 Å².